The maximum Gasteiger partial charge on any atom is 0.356 e. The van der Waals surface area contributed by atoms with Crippen LogP contribution < -0.4 is 4.72 Å². The van der Waals surface area contributed by atoms with Gasteiger partial charge in [0.2, 0.25) is 0 Å². The molecule has 0 spiro atoms. The molecule has 1 aromatic carbocycles. The van der Waals surface area contributed by atoms with Crippen LogP contribution in [0.25, 0.3) is 0 Å². The van der Waals surface area contributed by atoms with E-state index in [4.69, 9.17) is 16.7 Å². The summed E-state index contributed by atoms with van der Waals surface area (Å²) in [6.45, 7) is 0. The van der Waals surface area contributed by atoms with Crippen molar-refractivity contribution in [3.63, 3.8) is 0 Å². The van der Waals surface area contributed by atoms with E-state index in [2.05, 4.69) is 25.8 Å². The number of anilines is 1. The Morgan fingerprint density at radius 1 is 1.38 bits per heavy atom. The summed E-state index contributed by atoms with van der Waals surface area (Å²) in [5.74, 6) is -1.30. The Morgan fingerprint density at radius 3 is 2.48 bits per heavy atom. The summed E-state index contributed by atoms with van der Waals surface area (Å²) in [7, 11) is -2.55. The van der Waals surface area contributed by atoms with Gasteiger partial charge in [-0.3, -0.25) is 9.40 Å². The molecule has 0 saturated heterocycles. The lowest BCUT2D eigenvalue weighted by atomic mass is 10.4. The number of carbonyl (C=O) groups is 1. The van der Waals surface area contributed by atoms with E-state index in [-0.39, 0.29) is 20.9 Å². The number of sulfonamides is 1. The average molecular weight is 395 g/mol. The van der Waals surface area contributed by atoms with Gasteiger partial charge < -0.3 is 5.11 Å². The number of rotatable bonds is 4. The molecular formula is C11H9BrClN3O4S. The fraction of sp³-hybridized carbons (Fsp3) is 0.0909. The van der Waals surface area contributed by atoms with Crippen molar-refractivity contribution >= 4 is 49.2 Å². The number of nitrogens with one attached hydrogen (secondary N) is 1. The van der Waals surface area contributed by atoms with E-state index in [9.17, 15) is 13.2 Å². The van der Waals surface area contributed by atoms with Gasteiger partial charge in [-0.05, 0) is 40.2 Å². The molecule has 2 N–H and O–H groups in total. The Bertz CT molecular complexity index is 802. The highest BCUT2D eigenvalue weighted by atomic mass is 79.9. The molecule has 1 aromatic heterocycles. The van der Waals surface area contributed by atoms with Crippen LogP contribution in [-0.4, -0.2) is 29.3 Å². The van der Waals surface area contributed by atoms with Crippen molar-refractivity contribution in [1.82, 2.24) is 9.78 Å². The summed E-state index contributed by atoms with van der Waals surface area (Å²) in [4.78, 5) is 11.1. The molecule has 0 aliphatic heterocycles. The van der Waals surface area contributed by atoms with Crippen LogP contribution in [0.1, 0.15) is 10.5 Å². The van der Waals surface area contributed by atoms with Crippen LogP contribution in [0, 0.1) is 0 Å². The van der Waals surface area contributed by atoms with Crippen LogP contribution in [0.2, 0.25) is 5.02 Å². The van der Waals surface area contributed by atoms with Gasteiger partial charge in [0.05, 0.1) is 4.90 Å². The first-order valence-electron chi connectivity index (χ1n) is 5.46. The van der Waals surface area contributed by atoms with E-state index in [0.29, 0.717) is 5.02 Å². The van der Waals surface area contributed by atoms with Crippen molar-refractivity contribution in [3.8, 4) is 0 Å². The summed E-state index contributed by atoms with van der Waals surface area (Å²) in [6.07, 6.45) is 0. The summed E-state index contributed by atoms with van der Waals surface area (Å²) >= 11 is 8.73. The number of hydrogen-bond acceptors (Lipinski definition) is 4. The molecule has 0 atom stereocenters. The average Bonchev–Trinajstić information content (AvgIpc) is 2.64. The minimum atomic E-state index is -3.95. The van der Waals surface area contributed by atoms with Crippen molar-refractivity contribution in [3.05, 3.63) is 39.6 Å². The predicted molar refractivity (Wildman–Crippen MR) is 80.1 cm³/mol. The molecule has 0 fully saturated rings. The Labute approximate surface area is 133 Å². The molecule has 10 heteroatoms. The number of carboxylic acid groups (broad SMARTS) is 1. The Morgan fingerprint density at radius 2 is 1.95 bits per heavy atom. The maximum absolute atomic E-state index is 12.2. The molecule has 2 rings (SSSR count). The van der Waals surface area contributed by atoms with E-state index < -0.39 is 16.0 Å². The third-order valence-electron chi connectivity index (χ3n) is 2.57. The second-order valence-electron chi connectivity index (χ2n) is 4.00. The number of carboxylic acids is 1. The van der Waals surface area contributed by atoms with E-state index in [0.717, 1.165) is 4.68 Å². The predicted octanol–water partition coefficient (Wildman–Crippen LogP) is 2.33. The third kappa shape index (κ3) is 3.20. The third-order valence-corrected chi connectivity index (χ3v) is 4.74. The van der Waals surface area contributed by atoms with Gasteiger partial charge in [-0.15, -0.1) is 0 Å². The molecule has 2 aromatic rings. The van der Waals surface area contributed by atoms with Crippen LogP contribution in [0.5, 0.6) is 0 Å². The monoisotopic (exact) mass is 393 g/mol. The molecule has 7 nitrogen and oxygen atoms in total. The van der Waals surface area contributed by atoms with Crippen LogP contribution in [0.4, 0.5) is 5.69 Å². The number of benzene rings is 1. The Kier molecular flexibility index (Phi) is 4.26. The fourth-order valence-electron chi connectivity index (χ4n) is 1.63. The summed E-state index contributed by atoms with van der Waals surface area (Å²) in [5, 5.41) is 13.3. The zero-order chi connectivity index (χ0) is 15.8. The highest BCUT2D eigenvalue weighted by molar-refractivity contribution is 9.10. The fourth-order valence-corrected chi connectivity index (χ4v) is 3.49. The Hall–Kier alpha value is -1.58. The van der Waals surface area contributed by atoms with Gasteiger partial charge in [0.1, 0.15) is 5.69 Å². The number of aromatic nitrogens is 2. The minimum Gasteiger partial charge on any atom is -0.476 e. The van der Waals surface area contributed by atoms with Crippen molar-refractivity contribution in [2.75, 3.05) is 4.72 Å². The summed E-state index contributed by atoms with van der Waals surface area (Å²) in [6, 6.07) is 5.48. The van der Waals surface area contributed by atoms with Crippen LogP contribution >= 0.6 is 27.5 Å². The second kappa shape index (κ2) is 5.66. The number of nitrogens with zero attached hydrogens (tertiary/aromatic N) is 2. The molecule has 1 heterocycles. The lowest BCUT2D eigenvalue weighted by Gasteiger charge is -2.08. The van der Waals surface area contributed by atoms with Gasteiger partial charge >= 0.3 is 5.97 Å². The first kappa shape index (κ1) is 15.8. The van der Waals surface area contributed by atoms with Crippen LogP contribution in [0.15, 0.2) is 33.8 Å². The number of hydrogen-bond donors (Lipinski definition) is 2. The van der Waals surface area contributed by atoms with Crippen molar-refractivity contribution < 1.29 is 18.3 Å². The zero-order valence-electron chi connectivity index (χ0n) is 10.5. The highest BCUT2D eigenvalue weighted by Gasteiger charge is 2.25. The van der Waals surface area contributed by atoms with E-state index >= 15 is 0 Å². The smallest absolute Gasteiger partial charge is 0.356 e. The topological polar surface area (TPSA) is 101 Å². The van der Waals surface area contributed by atoms with Gasteiger partial charge in [0, 0.05) is 12.1 Å². The zero-order valence-corrected chi connectivity index (χ0v) is 13.7. The lowest BCUT2D eigenvalue weighted by molar-refractivity contribution is 0.0686. The van der Waals surface area contributed by atoms with Gasteiger partial charge in [-0.2, -0.15) is 5.10 Å². The van der Waals surface area contributed by atoms with Gasteiger partial charge in [0.25, 0.3) is 10.0 Å². The molecule has 0 bridgehead atoms. The molecule has 112 valence electrons. The van der Waals surface area contributed by atoms with E-state index in [1.54, 1.807) is 0 Å². The minimum absolute atomic E-state index is 0.0426. The van der Waals surface area contributed by atoms with Crippen LogP contribution in [-0.2, 0) is 17.1 Å². The molecule has 0 saturated carbocycles. The molecule has 21 heavy (non-hydrogen) atoms. The van der Waals surface area contributed by atoms with Crippen molar-refractivity contribution in [2.45, 2.75) is 4.90 Å². The molecule has 0 amide bonds. The number of halogens is 2. The Balaban J connectivity index is 2.46. The van der Waals surface area contributed by atoms with E-state index in [1.807, 2.05) is 0 Å². The largest absolute Gasteiger partial charge is 0.476 e. The van der Waals surface area contributed by atoms with Gasteiger partial charge in [0.15, 0.2) is 10.3 Å². The summed E-state index contributed by atoms with van der Waals surface area (Å²) in [5.41, 5.74) is -0.417. The SMILES string of the molecule is Cn1nc(Br)c(NS(=O)(=O)c2ccc(Cl)cc2)c1C(=O)O. The molecular weight excluding hydrogens is 386 g/mol. The van der Waals surface area contributed by atoms with Crippen molar-refractivity contribution in [2.24, 2.45) is 7.05 Å². The number of aromatic carboxylic acids is 1. The highest BCUT2D eigenvalue weighted by Crippen LogP contribution is 2.28. The molecule has 0 unspecified atom stereocenters. The summed E-state index contributed by atoms with van der Waals surface area (Å²) < 4.78 is 27.8. The number of aryl methyl sites for hydroxylation is 1. The van der Waals surface area contributed by atoms with Crippen molar-refractivity contribution in [1.29, 1.82) is 0 Å². The first-order valence-corrected chi connectivity index (χ1v) is 8.12. The molecule has 0 radical (unpaired) electrons. The first-order chi connectivity index (χ1) is 9.72. The maximum atomic E-state index is 12.2. The quantitative estimate of drug-likeness (QED) is 0.829. The lowest BCUT2D eigenvalue weighted by Crippen LogP contribution is -2.16. The normalized spacial score (nSPS) is 11.4. The van der Waals surface area contributed by atoms with Crippen LogP contribution in [0.3, 0.4) is 0 Å². The molecule has 0 aliphatic carbocycles. The van der Waals surface area contributed by atoms with E-state index in [1.165, 1.54) is 31.3 Å². The van der Waals surface area contributed by atoms with Gasteiger partial charge in [-0.1, -0.05) is 11.6 Å². The standard InChI is InChI=1S/C11H9BrClN3O4S/c1-16-9(11(17)18)8(10(12)14-16)15-21(19,20)7-4-2-6(13)3-5-7/h2-5,15H,1H3,(H,17,18). The second-order valence-corrected chi connectivity index (χ2v) is 6.87. The molecule has 0 aliphatic rings. The van der Waals surface area contributed by atoms with Gasteiger partial charge in [-0.25, -0.2) is 13.2 Å².